The fourth-order valence-corrected chi connectivity index (χ4v) is 2.07. The quantitative estimate of drug-likeness (QED) is 0.877. The lowest BCUT2D eigenvalue weighted by Gasteiger charge is -2.15. The summed E-state index contributed by atoms with van der Waals surface area (Å²) < 4.78 is 12.7. The second-order valence-electron chi connectivity index (χ2n) is 4.46. The van der Waals surface area contributed by atoms with Crippen LogP contribution in [0.25, 0.3) is 0 Å². The predicted molar refractivity (Wildman–Crippen MR) is 62.4 cm³/mol. The fourth-order valence-electron chi connectivity index (χ4n) is 2.07. The molecule has 18 heavy (non-hydrogen) atoms. The molecule has 0 aliphatic carbocycles. The van der Waals surface area contributed by atoms with E-state index in [1.807, 2.05) is 0 Å². The highest BCUT2D eigenvalue weighted by Gasteiger charge is 2.33. The largest absolute Gasteiger partial charge is 0.481 e. The molecule has 1 aliphatic heterocycles. The molecular formula is C13H14FNO3. The Kier molecular flexibility index (Phi) is 3.60. The summed E-state index contributed by atoms with van der Waals surface area (Å²) in [5.74, 6) is -1.93. The van der Waals surface area contributed by atoms with Gasteiger partial charge in [0.05, 0.1) is 5.92 Å². The zero-order chi connectivity index (χ0) is 13.1. The van der Waals surface area contributed by atoms with E-state index in [9.17, 15) is 14.0 Å². The first-order chi connectivity index (χ1) is 8.56. The molecule has 5 heteroatoms. The standard InChI is InChI=1S/C13H14FNO3/c14-11-3-1-9(2-4-11)5-6-15-8-10(13(17)18)7-12(15)16/h1-4,10H,5-8H2,(H,17,18)/t10-/m0/s1. The molecule has 0 aromatic heterocycles. The minimum atomic E-state index is -0.923. The first-order valence-electron chi connectivity index (χ1n) is 5.81. The van der Waals surface area contributed by atoms with E-state index in [4.69, 9.17) is 5.11 Å². The maximum Gasteiger partial charge on any atom is 0.308 e. The molecule has 1 aromatic carbocycles. The number of nitrogens with zero attached hydrogens (tertiary/aromatic N) is 1. The van der Waals surface area contributed by atoms with Crippen molar-refractivity contribution in [2.24, 2.45) is 5.92 Å². The molecule has 1 amide bonds. The summed E-state index contributed by atoms with van der Waals surface area (Å²) in [5, 5.41) is 8.84. The first kappa shape index (κ1) is 12.5. The molecule has 1 saturated heterocycles. The molecular weight excluding hydrogens is 237 g/mol. The number of hydrogen-bond acceptors (Lipinski definition) is 2. The number of aliphatic carboxylic acids is 1. The molecule has 1 aromatic rings. The van der Waals surface area contributed by atoms with Crippen LogP contribution in [-0.2, 0) is 16.0 Å². The number of halogens is 1. The third kappa shape index (κ3) is 2.85. The van der Waals surface area contributed by atoms with Crippen LogP contribution in [0.15, 0.2) is 24.3 Å². The number of amides is 1. The molecule has 2 rings (SSSR count). The van der Waals surface area contributed by atoms with Gasteiger partial charge in [-0.2, -0.15) is 0 Å². The number of hydrogen-bond donors (Lipinski definition) is 1. The van der Waals surface area contributed by atoms with Gasteiger partial charge in [0.25, 0.3) is 0 Å². The molecule has 0 bridgehead atoms. The average molecular weight is 251 g/mol. The molecule has 4 nitrogen and oxygen atoms in total. The molecule has 0 saturated carbocycles. The van der Waals surface area contributed by atoms with Crippen LogP contribution in [0.3, 0.4) is 0 Å². The highest BCUT2D eigenvalue weighted by atomic mass is 19.1. The van der Waals surface area contributed by atoms with E-state index < -0.39 is 11.9 Å². The zero-order valence-corrected chi connectivity index (χ0v) is 9.80. The predicted octanol–water partition coefficient (Wildman–Crippen LogP) is 1.30. The van der Waals surface area contributed by atoms with Crippen molar-refractivity contribution in [1.29, 1.82) is 0 Å². The highest BCUT2D eigenvalue weighted by molar-refractivity contribution is 5.86. The van der Waals surface area contributed by atoms with Crippen molar-refractivity contribution in [2.45, 2.75) is 12.8 Å². The Morgan fingerprint density at radius 2 is 2.06 bits per heavy atom. The summed E-state index contributed by atoms with van der Waals surface area (Å²) >= 11 is 0. The summed E-state index contributed by atoms with van der Waals surface area (Å²) in [6, 6.07) is 6.09. The topological polar surface area (TPSA) is 57.6 Å². The van der Waals surface area contributed by atoms with Crippen molar-refractivity contribution < 1.29 is 19.1 Å². The Hall–Kier alpha value is -1.91. The van der Waals surface area contributed by atoms with Crippen LogP contribution in [0.1, 0.15) is 12.0 Å². The van der Waals surface area contributed by atoms with Gasteiger partial charge in [-0.15, -0.1) is 0 Å². The van der Waals surface area contributed by atoms with E-state index in [1.54, 1.807) is 17.0 Å². The van der Waals surface area contributed by atoms with Gasteiger partial charge in [-0.05, 0) is 24.1 Å². The summed E-state index contributed by atoms with van der Waals surface area (Å²) in [5.41, 5.74) is 0.933. The lowest BCUT2D eigenvalue weighted by molar-refractivity contribution is -0.141. The number of carbonyl (C=O) groups excluding carboxylic acids is 1. The molecule has 96 valence electrons. The van der Waals surface area contributed by atoms with Crippen molar-refractivity contribution in [2.75, 3.05) is 13.1 Å². The Balaban J connectivity index is 1.89. The summed E-state index contributed by atoms with van der Waals surface area (Å²) in [6.07, 6.45) is 0.692. The lowest BCUT2D eigenvalue weighted by atomic mass is 10.1. The van der Waals surface area contributed by atoms with Crippen molar-refractivity contribution in [3.05, 3.63) is 35.6 Å². The van der Waals surface area contributed by atoms with Gasteiger partial charge in [0.15, 0.2) is 0 Å². The van der Waals surface area contributed by atoms with Gasteiger partial charge < -0.3 is 10.0 Å². The Morgan fingerprint density at radius 1 is 1.39 bits per heavy atom. The fraction of sp³-hybridized carbons (Fsp3) is 0.385. The first-order valence-corrected chi connectivity index (χ1v) is 5.81. The van der Waals surface area contributed by atoms with E-state index in [0.717, 1.165) is 5.56 Å². The van der Waals surface area contributed by atoms with Crippen LogP contribution in [0.4, 0.5) is 4.39 Å². The molecule has 1 aliphatic rings. The third-order valence-corrected chi connectivity index (χ3v) is 3.15. The minimum Gasteiger partial charge on any atom is -0.481 e. The van der Waals surface area contributed by atoms with E-state index in [1.165, 1.54) is 12.1 Å². The minimum absolute atomic E-state index is 0.0821. The van der Waals surface area contributed by atoms with Crippen LogP contribution in [-0.4, -0.2) is 35.0 Å². The SMILES string of the molecule is O=C(O)[C@H]1CC(=O)N(CCc2ccc(F)cc2)C1. The number of likely N-dealkylation sites (tertiary alicyclic amines) is 1. The summed E-state index contributed by atoms with van der Waals surface area (Å²) in [4.78, 5) is 23.9. The number of carbonyl (C=O) groups is 2. The molecule has 1 fully saturated rings. The zero-order valence-electron chi connectivity index (χ0n) is 9.80. The van der Waals surface area contributed by atoms with Gasteiger partial charge in [0.2, 0.25) is 5.91 Å². The van der Waals surface area contributed by atoms with E-state index in [-0.39, 0.29) is 24.7 Å². The molecule has 1 atom stereocenters. The van der Waals surface area contributed by atoms with E-state index >= 15 is 0 Å². The molecule has 0 spiro atoms. The Bertz CT molecular complexity index is 458. The van der Waals surface area contributed by atoms with E-state index in [2.05, 4.69) is 0 Å². The van der Waals surface area contributed by atoms with Crippen LogP contribution < -0.4 is 0 Å². The second-order valence-corrected chi connectivity index (χ2v) is 4.46. The summed E-state index contributed by atoms with van der Waals surface area (Å²) in [7, 11) is 0. The normalized spacial score (nSPS) is 19.3. The lowest BCUT2D eigenvalue weighted by Crippen LogP contribution is -2.28. The third-order valence-electron chi connectivity index (χ3n) is 3.15. The molecule has 1 N–H and O–H groups in total. The van der Waals surface area contributed by atoms with Gasteiger partial charge in [-0.1, -0.05) is 12.1 Å². The molecule has 0 unspecified atom stereocenters. The van der Waals surface area contributed by atoms with Crippen LogP contribution in [0, 0.1) is 11.7 Å². The van der Waals surface area contributed by atoms with Crippen LogP contribution in [0.2, 0.25) is 0 Å². The van der Waals surface area contributed by atoms with Crippen LogP contribution >= 0.6 is 0 Å². The molecule has 0 radical (unpaired) electrons. The van der Waals surface area contributed by atoms with Gasteiger partial charge in [-0.25, -0.2) is 4.39 Å². The summed E-state index contributed by atoms with van der Waals surface area (Å²) in [6.45, 7) is 0.754. The maximum absolute atomic E-state index is 12.7. The van der Waals surface area contributed by atoms with Crippen molar-refractivity contribution in [1.82, 2.24) is 4.90 Å². The highest BCUT2D eigenvalue weighted by Crippen LogP contribution is 2.18. The number of benzene rings is 1. The Morgan fingerprint density at radius 3 is 2.61 bits per heavy atom. The van der Waals surface area contributed by atoms with Gasteiger partial charge >= 0.3 is 5.97 Å². The Labute approximate surface area is 104 Å². The van der Waals surface area contributed by atoms with Crippen LogP contribution in [0.5, 0.6) is 0 Å². The van der Waals surface area contributed by atoms with Crippen molar-refractivity contribution in [3.8, 4) is 0 Å². The van der Waals surface area contributed by atoms with Gasteiger partial charge in [-0.3, -0.25) is 9.59 Å². The van der Waals surface area contributed by atoms with Gasteiger partial charge in [0.1, 0.15) is 5.82 Å². The van der Waals surface area contributed by atoms with E-state index in [0.29, 0.717) is 13.0 Å². The monoisotopic (exact) mass is 251 g/mol. The second kappa shape index (κ2) is 5.16. The average Bonchev–Trinajstić information content (AvgIpc) is 2.70. The number of carboxylic acid groups (broad SMARTS) is 1. The number of carboxylic acids is 1. The van der Waals surface area contributed by atoms with Gasteiger partial charge in [0, 0.05) is 19.5 Å². The van der Waals surface area contributed by atoms with Crippen molar-refractivity contribution >= 4 is 11.9 Å². The molecule has 1 heterocycles. The number of rotatable bonds is 4. The smallest absolute Gasteiger partial charge is 0.308 e. The van der Waals surface area contributed by atoms with Crippen molar-refractivity contribution in [3.63, 3.8) is 0 Å². The maximum atomic E-state index is 12.7.